The number of nitrogens with zero attached hydrogens (tertiary/aromatic N) is 1. The van der Waals surface area contributed by atoms with E-state index in [2.05, 4.69) is 38.1 Å². The molecule has 2 aromatic rings. The van der Waals surface area contributed by atoms with Gasteiger partial charge in [0.2, 0.25) is 0 Å². The Hall–Kier alpha value is -2.17. The molecule has 0 radical (unpaired) electrons. The minimum absolute atomic E-state index is 0.0583. The van der Waals surface area contributed by atoms with Crippen molar-refractivity contribution in [2.75, 3.05) is 13.2 Å². The molecule has 1 fully saturated rings. The Bertz CT molecular complexity index is 837. The van der Waals surface area contributed by atoms with E-state index in [1.165, 1.54) is 11.1 Å². The lowest BCUT2D eigenvalue weighted by Gasteiger charge is -2.41. The average molecular weight is 366 g/mol. The number of aromatic hydroxyl groups is 1. The van der Waals surface area contributed by atoms with Crippen LogP contribution in [0.25, 0.3) is 0 Å². The molecule has 4 nitrogen and oxygen atoms in total. The zero-order valence-corrected chi connectivity index (χ0v) is 16.1. The molecule has 1 saturated heterocycles. The Morgan fingerprint density at radius 3 is 2.44 bits per heavy atom. The van der Waals surface area contributed by atoms with E-state index in [0.717, 1.165) is 18.4 Å². The maximum Gasteiger partial charge on any atom is 0.350 e. The first-order valence-electron chi connectivity index (χ1n) is 9.90. The lowest BCUT2D eigenvalue weighted by molar-refractivity contribution is -0.898. The number of quaternary nitrogens is 1. The molecule has 2 aromatic carbocycles. The number of hydrogen-bond donors (Lipinski definition) is 1. The minimum Gasteiger partial charge on any atom is -0.507 e. The summed E-state index contributed by atoms with van der Waals surface area (Å²) in [5.41, 5.74) is 3.96. The van der Waals surface area contributed by atoms with Gasteiger partial charge >= 0.3 is 5.91 Å². The van der Waals surface area contributed by atoms with Gasteiger partial charge in [0.25, 0.3) is 0 Å². The van der Waals surface area contributed by atoms with Gasteiger partial charge in [-0.3, -0.25) is 0 Å². The molecule has 2 heterocycles. The monoisotopic (exact) mass is 366 g/mol. The van der Waals surface area contributed by atoms with Crippen LogP contribution < -0.4 is 0 Å². The van der Waals surface area contributed by atoms with Crippen molar-refractivity contribution in [1.82, 2.24) is 0 Å². The van der Waals surface area contributed by atoms with Crippen molar-refractivity contribution in [3.8, 4) is 5.75 Å². The van der Waals surface area contributed by atoms with Crippen LogP contribution in [0.1, 0.15) is 59.7 Å². The fourth-order valence-corrected chi connectivity index (χ4v) is 4.63. The predicted octanol–water partition coefficient (Wildman–Crippen LogP) is 4.37. The first kappa shape index (κ1) is 18.2. The highest BCUT2D eigenvalue weighted by molar-refractivity contribution is 5.95. The van der Waals surface area contributed by atoms with E-state index in [1.54, 1.807) is 6.07 Å². The summed E-state index contributed by atoms with van der Waals surface area (Å²) < 4.78 is 5.93. The van der Waals surface area contributed by atoms with Crippen molar-refractivity contribution >= 4 is 5.91 Å². The lowest BCUT2D eigenvalue weighted by Crippen LogP contribution is -2.56. The third-order valence-corrected chi connectivity index (χ3v) is 6.20. The van der Waals surface area contributed by atoms with Gasteiger partial charge in [-0.25, -0.2) is 9.28 Å². The maximum absolute atomic E-state index is 13.6. The van der Waals surface area contributed by atoms with E-state index < -0.39 is 0 Å². The van der Waals surface area contributed by atoms with Crippen LogP contribution in [0.15, 0.2) is 42.5 Å². The van der Waals surface area contributed by atoms with Crippen molar-refractivity contribution in [3.05, 3.63) is 64.7 Å². The van der Waals surface area contributed by atoms with Crippen molar-refractivity contribution in [1.29, 1.82) is 0 Å². The topological polar surface area (TPSA) is 46.5 Å². The zero-order valence-electron chi connectivity index (χ0n) is 16.1. The van der Waals surface area contributed by atoms with Crippen LogP contribution in [-0.4, -0.2) is 34.8 Å². The molecule has 1 N–H and O–H groups in total. The van der Waals surface area contributed by atoms with E-state index >= 15 is 0 Å². The second-order valence-electron chi connectivity index (χ2n) is 8.21. The number of amides is 1. The van der Waals surface area contributed by atoms with Gasteiger partial charge in [0.15, 0.2) is 0 Å². The highest BCUT2D eigenvalue weighted by atomic mass is 16.5. The summed E-state index contributed by atoms with van der Waals surface area (Å²) in [4.78, 5) is 13.6. The molecule has 0 spiro atoms. The number of phenolic OH excluding ortho intramolecular Hbond substituents is 1. The highest BCUT2D eigenvalue weighted by Gasteiger charge is 2.52. The zero-order chi connectivity index (χ0) is 19.0. The Morgan fingerprint density at radius 1 is 1.11 bits per heavy atom. The van der Waals surface area contributed by atoms with Gasteiger partial charge in [-0.05, 0) is 17.5 Å². The Balaban J connectivity index is 1.72. The van der Waals surface area contributed by atoms with Gasteiger partial charge < -0.3 is 9.84 Å². The molecular formula is C23H28NO3+. The smallest absolute Gasteiger partial charge is 0.350 e. The van der Waals surface area contributed by atoms with Gasteiger partial charge in [0.1, 0.15) is 30.4 Å². The van der Waals surface area contributed by atoms with E-state index in [-0.39, 0.29) is 17.7 Å². The van der Waals surface area contributed by atoms with Crippen LogP contribution in [0.5, 0.6) is 5.75 Å². The van der Waals surface area contributed by atoms with E-state index in [9.17, 15) is 9.90 Å². The van der Waals surface area contributed by atoms with E-state index in [1.807, 2.05) is 12.1 Å². The number of carbonyl (C=O) groups excluding carboxylic acids is 1. The number of carbonyl (C=O) groups is 1. The molecule has 0 aromatic heterocycles. The number of benzene rings is 2. The third-order valence-electron chi connectivity index (χ3n) is 6.20. The van der Waals surface area contributed by atoms with Crippen molar-refractivity contribution in [2.24, 2.45) is 0 Å². The van der Waals surface area contributed by atoms with Crippen LogP contribution in [0.2, 0.25) is 0 Å². The fourth-order valence-electron chi connectivity index (χ4n) is 4.63. The molecule has 0 aliphatic carbocycles. The average Bonchev–Trinajstić information content (AvgIpc) is 2.97. The van der Waals surface area contributed by atoms with E-state index in [4.69, 9.17) is 4.74 Å². The van der Waals surface area contributed by atoms with Crippen LogP contribution in [0.3, 0.4) is 0 Å². The summed E-state index contributed by atoms with van der Waals surface area (Å²) in [6.07, 6.45) is 1.76. The highest BCUT2D eigenvalue weighted by Crippen LogP contribution is 2.41. The summed E-state index contributed by atoms with van der Waals surface area (Å²) >= 11 is 0. The minimum atomic E-state index is 0.0583. The molecule has 4 heteroatoms. The molecule has 1 unspecified atom stereocenters. The van der Waals surface area contributed by atoms with Crippen LogP contribution >= 0.6 is 0 Å². The summed E-state index contributed by atoms with van der Waals surface area (Å²) in [7, 11) is 0. The first-order chi connectivity index (χ1) is 13.0. The van der Waals surface area contributed by atoms with Gasteiger partial charge in [-0.2, -0.15) is 0 Å². The largest absolute Gasteiger partial charge is 0.507 e. The molecule has 4 rings (SSSR count). The fraction of sp³-hybridized carbons (Fsp3) is 0.435. The standard InChI is InChI=1S/C23H27NO3/c1-16(2)18-8-6-17(7-9-18)14-24(20-10-12-27-13-11-20)15-19-4-3-5-21(25)22(19)23(24)26/h3-9,16,20H,10-15H2,1-2H3/p+1. The quantitative estimate of drug-likeness (QED) is 0.818. The number of ether oxygens (including phenoxy) is 1. The Labute approximate surface area is 161 Å². The number of phenols is 1. The van der Waals surface area contributed by atoms with Gasteiger partial charge in [0, 0.05) is 24.0 Å². The van der Waals surface area contributed by atoms with Crippen molar-refractivity contribution < 1.29 is 19.1 Å². The summed E-state index contributed by atoms with van der Waals surface area (Å²) in [5.74, 6) is 0.662. The Kier molecular flexibility index (Phi) is 4.79. The van der Waals surface area contributed by atoms with Gasteiger partial charge in [-0.15, -0.1) is 0 Å². The molecule has 0 saturated carbocycles. The maximum atomic E-state index is 13.6. The van der Waals surface area contributed by atoms with Crippen molar-refractivity contribution in [2.45, 2.75) is 51.7 Å². The summed E-state index contributed by atoms with van der Waals surface area (Å²) in [5, 5.41) is 10.3. The second kappa shape index (κ2) is 7.10. The molecule has 2 aliphatic rings. The van der Waals surface area contributed by atoms with Gasteiger partial charge in [0.05, 0.1) is 13.2 Å². The van der Waals surface area contributed by atoms with E-state index in [0.29, 0.717) is 42.3 Å². The first-order valence-corrected chi connectivity index (χ1v) is 9.90. The molecule has 142 valence electrons. The number of fused-ring (bicyclic) bond motifs is 1. The Morgan fingerprint density at radius 2 is 1.81 bits per heavy atom. The SMILES string of the molecule is CC(C)c1ccc(C[N+]2(C3CCOCC3)Cc3cccc(O)c3C2=O)cc1. The molecule has 1 atom stereocenters. The second-order valence-corrected chi connectivity index (χ2v) is 8.21. The van der Waals surface area contributed by atoms with Gasteiger partial charge in [-0.1, -0.05) is 50.2 Å². The molecule has 1 amide bonds. The van der Waals surface area contributed by atoms with Crippen LogP contribution in [0.4, 0.5) is 0 Å². The lowest BCUT2D eigenvalue weighted by atomic mass is 9.99. The third kappa shape index (κ3) is 3.17. The molecule has 0 bridgehead atoms. The normalized spacial score (nSPS) is 23.0. The summed E-state index contributed by atoms with van der Waals surface area (Å²) in [6.45, 7) is 7.09. The number of rotatable bonds is 4. The summed E-state index contributed by atoms with van der Waals surface area (Å²) in [6, 6.07) is 14.3. The van der Waals surface area contributed by atoms with Crippen LogP contribution in [-0.2, 0) is 17.8 Å². The molecular weight excluding hydrogens is 338 g/mol. The van der Waals surface area contributed by atoms with Crippen LogP contribution in [0, 0.1) is 0 Å². The molecule has 27 heavy (non-hydrogen) atoms. The number of hydrogen-bond acceptors (Lipinski definition) is 3. The predicted molar refractivity (Wildman–Crippen MR) is 104 cm³/mol. The molecule has 2 aliphatic heterocycles. The van der Waals surface area contributed by atoms with Crippen molar-refractivity contribution in [3.63, 3.8) is 0 Å².